The molecule has 0 aliphatic heterocycles. The largest absolute Gasteiger partial charge is 0.497 e. The maximum atomic E-state index is 13.4. The maximum Gasteiger partial charge on any atom is 0.420 e. The fraction of sp³-hybridized carbons (Fsp3) is 0.231. The van der Waals surface area contributed by atoms with Crippen molar-refractivity contribution in [2.75, 3.05) is 7.11 Å². The molecule has 2 aromatic carbocycles. The average molecular weight is 528 g/mol. The Morgan fingerprint density at radius 3 is 2.39 bits per heavy atom. The third kappa shape index (κ3) is 6.02. The molecule has 2 N–H and O–H groups in total. The summed E-state index contributed by atoms with van der Waals surface area (Å²) in [5.74, 6) is -0.737. The van der Waals surface area contributed by atoms with Gasteiger partial charge in [-0.1, -0.05) is 18.2 Å². The topological polar surface area (TPSA) is 112 Å². The van der Waals surface area contributed by atoms with Crippen molar-refractivity contribution < 1.29 is 37.0 Å². The van der Waals surface area contributed by atoms with Gasteiger partial charge < -0.3 is 24.8 Å². The Morgan fingerprint density at radius 1 is 1.11 bits per heavy atom. The summed E-state index contributed by atoms with van der Waals surface area (Å²) in [5, 5.41) is 5.36. The summed E-state index contributed by atoms with van der Waals surface area (Å²) in [6.45, 7) is 3.80. The molecule has 1 aromatic heterocycles. The molecule has 0 spiro atoms. The number of nitrogens with one attached hydrogen (secondary N) is 2. The van der Waals surface area contributed by atoms with Gasteiger partial charge in [-0.25, -0.2) is 14.8 Å². The molecule has 1 aliphatic carbocycles. The first-order valence-corrected chi connectivity index (χ1v) is 11.3. The molecular formula is C26H23F3N4O5. The average Bonchev–Trinajstić information content (AvgIpc) is 3.62. The quantitative estimate of drug-likeness (QED) is 0.389. The van der Waals surface area contributed by atoms with E-state index in [0.29, 0.717) is 12.0 Å². The molecule has 1 saturated carbocycles. The molecule has 198 valence electrons. The summed E-state index contributed by atoms with van der Waals surface area (Å²) < 4.78 is 55.7. The number of halogens is 3. The molecule has 3 aromatic rings. The van der Waals surface area contributed by atoms with E-state index in [1.165, 1.54) is 50.1 Å². The van der Waals surface area contributed by atoms with E-state index in [4.69, 9.17) is 14.2 Å². The molecule has 4 rings (SSSR count). The molecule has 9 nitrogen and oxygen atoms in total. The third-order valence-corrected chi connectivity index (χ3v) is 5.87. The predicted molar refractivity (Wildman–Crippen MR) is 129 cm³/mol. The Balaban J connectivity index is 1.37. The van der Waals surface area contributed by atoms with Crippen LogP contribution in [0.15, 0.2) is 73.8 Å². The number of amides is 2. The van der Waals surface area contributed by atoms with E-state index >= 15 is 0 Å². The van der Waals surface area contributed by atoms with E-state index in [2.05, 4.69) is 27.2 Å². The summed E-state index contributed by atoms with van der Waals surface area (Å²) in [6.07, 6.45) is 0.353. The van der Waals surface area contributed by atoms with Crippen LogP contribution in [0.5, 0.6) is 23.0 Å². The smallest absolute Gasteiger partial charge is 0.420 e. The zero-order valence-corrected chi connectivity index (χ0v) is 20.1. The van der Waals surface area contributed by atoms with E-state index in [0.717, 1.165) is 6.07 Å². The number of carbonyl (C=O) groups is 2. The van der Waals surface area contributed by atoms with Gasteiger partial charge in [0.25, 0.3) is 0 Å². The molecule has 1 fully saturated rings. The summed E-state index contributed by atoms with van der Waals surface area (Å²) in [7, 11) is 1.28. The second-order valence-electron chi connectivity index (χ2n) is 8.39. The normalized spacial score (nSPS) is 18.2. The summed E-state index contributed by atoms with van der Waals surface area (Å²) in [4.78, 5) is 32.8. The zero-order valence-electron chi connectivity index (χ0n) is 20.1. The summed E-state index contributed by atoms with van der Waals surface area (Å²) >= 11 is 0. The number of hydrogen-bond acceptors (Lipinski definition) is 7. The van der Waals surface area contributed by atoms with Crippen LogP contribution in [-0.4, -0.2) is 34.6 Å². The van der Waals surface area contributed by atoms with Crippen molar-refractivity contribution in [1.82, 2.24) is 20.6 Å². The molecular weight excluding hydrogens is 505 g/mol. The lowest BCUT2D eigenvalue weighted by Gasteiger charge is -2.18. The standard InChI is InChI=1S/C26H23F3N4O5/c1-3-17-11-25(17,33-24(35)38-20-13-30-15-31-14-20)23(34)32-12-16-4-6-18(7-5-16)37-22-9-8-19(36-2)10-21(22)26(27,28)29/h3-10,13-15,17H,1,11-12H2,2H3,(H,32,34)(H,33,35)/t17-,25-/m1/s1. The number of alkyl halides is 3. The lowest BCUT2D eigenvalue weighted by molar-refractivity contribution is -0.138. The lowest BCUT2D eigenvalue weighted by atomic mass is 10.1. The molecule has 1 heterocycles. The van der Waals surface area contributed by atoms with Gasteiger partial charge in [-0.15, -0.1) is 6.58 Å². The Morgan fingerprint density at radius 2 is 1.79 bits per heavy atom. The molecule has 38 heavy (non-hydrogen) atoms. The number of rotatable bonds is 9. The first-order chi connectivity index (χ1) is 18.1. The van der Waals surface area contributed by atoms with Gasteiger partial charge in [0.05, 0.1) is 19.5 Å². The van der Waals surface area contributed by atoms with Crippen molar-refractivity contribution in [2.45, 2.75) is 24.7 Å². The van der Waals surface area contributed by atoms with Gasteiger partial charge in [0.1, 0.15) is 34.7 Å². The van der Waals surface area contributed by atoms with Crippen molar-refractivity contribution in [1.29, 1.82) is 0 Å². The second kappa shape index (κ2) is 10.8. The molecule has 0 saturated heterocycles. The predicted octanol–water partition coefficient (Wildman–Crippen LogP) is 4.65. The highest BCUT2D eigenvalue weighted by Gasteiger charge is 2.60. The van der Waals surface area contributed by atoms with E-state index in [-0.39, 0.29) is 35.5 Å². The van der Waals surface area contributed by atoms with Crippen LogP contribution in [-0.2, 0) is 17.5 Å². The highest BCUT2D eigenvalue weighted by Crippen LogP contribution is 2.45. The molecule has 1 aliphatic rings. The van der Waals surface area contributed by atoms with Crippen LogP contribution in [0.1, 0.15) is 17.5 Å². The Hall–Kier alpha value is -4.61. The van der Waals surface area contributed by atoms with Gasteiger partial charge in [-0.3, -0.25) is 4.79 Å². The van der Waals surface area contributed by atoms with Gasteiger partial charge in [0, 0.05) is 12.5 Å². The lowest BCUT2D eigenvalue weighted by Crippen LogP contribution is -2.51. The van der Waals surface area contributed by atoms with Gasteiger partial charge in [0.2, 0.25) is 5.91 Å². The Labute approximate surface area is 215 Å². The van der Waals surface area contributed by atoms with Crippen LogP contribution in [0.25, 0.3) is 0 Å². The Kier molecular flexibility index (Phi) is 7.51. The highest BCUT2D eigenvalue weighted by molar-refractivity contribution is 5.94. The number of nitrogens with zero attached hydrogens (tertiary/aromatic N) is 2. The highest BCUT2D eigenvalue weighted by atomic mass is 19.4. The fourth-order valence-corrected chi connectivity index (χ4v) is 3.78. The number of carbonyl (C=O) groups excluding carboxylic acids is 2. The minimum Gasteiger partial charge on any atom is -0.497 e. The molecule has 12 heteroatoms. The van der Waals surface area contributed by atoms with Crippen LogP contribution in [0.2, 0.25) is 0 Å². The van der Waals surface area contributed by atoms with Crippen LogP contribution in [0, 0.1) is 5.92 Å². The zero-order chi connectivity index (χ0) is 27.3. The monoisotopic (exact) mass is 528 g/mol. The second-order valence-corrected chi connectivity index (χ2v) is 8.39. The Bertz CT molecular complexity index is 1320. The molecule has 2 amide bonds. The molecule has 0 unspecified atom stereocenters. The number of aromatic nitrogens is 2. The van der Waals surface area contributed by atoms with Crippen molar-refractivity contribution in [3.63, 3.8) is 0 Å². The fourth-order valence-electron chi connectivity index (χ4n) is 3.78. The number of benzene rings is 2. The van der Waals surface area contributed by atoms with Crippen LogP contribution in [0.4, 0.5) is 18.0 Å². The van der Waals surface area contributed by atoms with E-state index in [1.54, 1.807) is 18.2 Å². The van der Waals surface area contributed by atoms with Crippen LogP contribution in [0.3, 0.4) is 0 Å². The molecule has 2 atom stereocenters. The van der Waals surface area contributed by atoms with Crippen molar-refractivity contribution in [3.05, 3.63) is 85.0 Å². The van der Waals surface area contributed by atoms with Gasteiger partial charge in [-0.2, -0.15) is 13.2 Å². The van der Waals surface area contributed by atoms with Crippen molar-refractivity contribution in [3.8, 4) is 23.0 Å². The number of methoxy groups -OCH3 is 1. The minimum absolute atomic E-state index is 0.0553. The van der Waals surface area contributed by atoms with Crippen molar-refractivity contribution in [2.24, 2.45) is 5.92 Å². The number of ether oxygens (including phenoxy) is 3. The SMILES string of the molecule is C=C[C@@H]1C[C@]1(NC(=O)Oc1cncnc1)C(=O)NCc1ccc(Oc2ccc(OC)cc2C(F)(F)F)cc1. The van der Waals surface area contributed by atoms with Crippen LogP contribution < -0.4 is 24.8 Å². The molecule has 0 radical (unpaired) electrons. The van der Waals surface area contributed by atoms with Crippen LogP contribution >= 0.6 is 0 Å². The van der Waals surface area contributed by atoms with Gasteiger partial charge in [0.15, 0.2) is 5.75 Å². The van der Waals surface area contributed by atoms with E-state index < -0.39 is 29.3 Å². The third-order valence-electron chi connectivity index (χ3n) is 5.87. The molecule has 0 bridgehead atoms. The van der Waals surface area contributed by atoms with E-state index in [9.17, 15) is 22.8 Å². The maximum absolute atomic E-state index is 13.4. The first kappa shape index (κ1) is 26.5. The minimum atomic E-state index is -4.63. The summed E-state index contributed by atoms with van der Waals surface area (Å²) in [6, 6.07) is 9.61. The summed E-state index contributed by atoms with van der Waals surface area (Å²) in [5.41, 5.74) is -1.52. The van der Waals surface area contributed by atoms with Gasteiger partial charge in [-0.05, 0) is 42.3 Å². The first-order valence-electron chi connectivity index (χ1n) is 11.3. The van der Waals surface area contributed by atoms with Crippen molar-refractivity contribution >= 4 is 12.0 Å². The van der Waals surface area contributed by atoms with Gasteiger partial charge >= 0.3 is 12.3 Å². The number of hydrogen-bond donors (Lipinski definition) is 2. The van der Waals surface area contributed by atoms with E-state index in [1.807, 2.05) is 0 Å².